The molecule has 1 aromatic heterocycles. The Hall–Kier alpha value is -3.76. The third-order valence-corrected chi connectivity index (χ3v) is 4.66. The van der Waals surface area contributed by atoms with Gasteiger partial charge in [0.05, 0.1) is 27.5 Å². The molecule has 0 atom stereocenters. The molecule has 1 N–H and O–H groups in total. The second kappa shape index (κ2) is 9.37. The lowest BCUT2D eigenvalue weighted by Crippen LogP contribution is -2.20. The molecule has 2 aromatic carbocycles. The molecule has 3 rings (SSSR count). The van der Waals surface area contributed by atoms with E-state index in [1.807, 2.05) is 0 Å². The number of hydrogen-bond donors (Lipinski definition) is 1. The highest BCUT2D eigenvalue weighted by atomic mass is 35.5. The van der Waals surface area contributed by atoms with E-state index in [0.29, 0.717) is 0 Å². The molecule has 1 heterocycles. The highest BCUT2D eigenvalue weighted by Crippen LogP contribution is 2.37. The van der Waals surface area contributed by atoms with Crippen LogP contribution >= 0.6 is 23.2 Å². The van der Waals surface area contributed by atoms with Gasteiger partial charge in [0.25, 0.3) is 11.4 Å². The minimum Gasteiger partial charge on any atom is -0.455 e. The van der Waals surface area contributed by atoms with E-state index in [1.165, 1.54) is 48.7 Å². The first-order valence-corrected chi connectivity index (χ1v) is 9.29. The number of hydrazone groups is 1. The molecular formula is C19H12Cl2N4O6. The number of nitrogens with one attached hydrogen (secondary N) is 1. The Morgan fingerprint density at radius 2 is 1.74 bits per heavy atom. The molecule has 0 fully saturated rings. The predicted molar refractivity (Wildman–Crippen MR) is 113 cm³/mol. The zero-order chi connectivity index (χ0) is 22.5. The van der Waals surface area contributed by atoms with Crippen LogP contribution in [0.4, 0.5) is 11.4 Å². The molecule has 0 spiro atoms. The van der Waals surface area contributed by atoms with Crippen LogP contribution in [0.15, 0.2) is 58.0 Å². The van der Waals surface area contributed by atoms with E-state index in [2.05, 4.69) is 10.5 Å². The second-order valence-corrected chi connectivity index (χ2v) is 6.91. The number of halogens is 2. The van der Waals surface area contributed by atoms with Gasteiger partial charge in [-0.1, -0.05) is 41.4 Å². The van der Waals surface area contributed by atoms with Crippen LogP contribution in [0.5, 0.6) is 0 Å². The smallest absolute Gasteiger partial charge is 0.288 e. The van der Waals surface area contributed by atoms with Crippen LogP contribution in [0.2, 0.25) is 10.0 Å². The molecule has 0 radical (unpaired) electrons. The van der Waals surface area contributed by atoms with Crippen LogP contribution in [0.1, 0.15) is 11.3 Å². The van der Waals surface area contributed by atoms with Crippen molar-refractivity contribution in [2.24, 2.45) is 5.10 Å². The Balaban J connectivity index is 1.69. The Bertz CT molecular complexity index is 1210. The van der Waals surface area contributed by atoms with Gasteiger partial charge in [0, 0.05) is 23.3 Å². The van der Waals surface area contributed by atoms with E-state index in [1.54, 1.807) is 6.07 Å². The molecule has 0 bridgehead atoms. The summed E-state index contributed by atoms with van der Waals surface area (Å²) in [6.45, 7) is 0. The Morgan fingerprint density at radius 1 is 1.03 bits per heavy atom. The van der Waals surface area contributed by atoms with Crippen molar-refractivity contribution < 1.29 is 19.1 Å². The molecule has 0 unspecified atom stereocenters. The summed E-state index contributed by atoms with van der Waals surface area (Å²) in [6, 6.07) is 11.4. The van der Waals surface area contributed by atoms with Gasteiger partial charge in [-0.25, -0.2) is 5.43 Å². The Kier molecular flexibility index (Phi) is 6.63. The van der Waals surface area contributed by atoms with Gasteiger partial charge in [0.2, 0.25) is 5.91 Å². The maximum Gasteiger partial charge on any atom is 0.288 e. The molecule has 0 aliphatic heterocycles. The molecule has 31 heavy (non-hydrogen) atoms. The summed E-state index contributed by atoms with van der Waals surface area (Å²) in [5, 5.41) is 25.9. The van der Waals surface area contributed by atoms with Crippen molar-refractivity contribution in [1.29, 1.82) is 0 Å². The van der Waals surface area contributed by atoms with Crippen molar-refractivity contribution in [3.8, 4) is 11.3 Å². The van der Waals surface area contributed by atoms with Gasteiger partial charge in [-0.05, 0) is 18.2 Å². The first-order valence-electron chi connectivity index (χ1n) is 8.54. The zero-order valence-corrected chi connectivity index (χ0v) is 17.0. The lowest BCUT2D eigenvalue weighted by atomic mass is 10.1. The fraction of sp³-hybridized carbons (Fsp3) is 0.0526. The SMILES string of the molecule is O=C(Cc1ccccc1[N+](=O)[O-])N/N=C/c1ccc(-c2cc([N+](=O)[O-])c(Cl)cc2Cl)o1. The van der Waals surface area contributed by atoms with E-state index in [0.717, 1.165) is 0 Å². The van der Waals surface area contributed by atoms with Gasteiger partial charge in [-0.2, -0.15) is 5.10 Å². The molecule has 3 aromatic rings. The standard InChI is InChI=1S/C19H12Cl2N4O6/c20-14-9-15(21)17(25(29)30)8-13(14)18-6-5-12(31-18)10-22-23-19(26)7-11-3-1-2-4-16(11)24(27)28/h1-6,8-10H,7H2,(H,23,26)/b22-10+. The second-order valence-electron chi connectivity index (χ2n) is 6.10. The number of carbonyl (C=O) groups excluding carboxylic acids is 1. The monoisotopic (exact) mass is 462 g/mol. The van der Waals surface area contributed by atoms with Crippen molar-refractivity contribution in [2.75, 3.05) is 0 Å². The van der Waals surface area contributed by atoms with Gasteiger partial charge < -0.3 is 4.42 Å². The number of benzene rings is 2. The minimum atomic E-state index is -0.639. The van der Waals surface area contributed by atoms with E-state index in [-0.39, 0.29) is 50.5 Å². The number of furan rings is 1. The first kappa shape index (κ1) is 21.9. The lowest BCUT2D eigenvalue weighted by molar-refractivity contribution is -0.385. The molecular weight excluding hydrogens is 451 g/mol. The molecule has 1 amide bonds. The number of carbonyl (C=O) groups is 1. The van der Waals surface area contributed by atoms with Crippen LogP contribution in [0.25, 0.3) is 11.3 Å². The number of nitro groups is 2. The topological polar surface area (TPSA) is 141 Å². The molecule has 0 saturated carbocycles. The van der Waals surface area contributed by atoms with Crippen molar-refractivity contribution in [3.63, 3.8) is 0 Å². The summed E-state index contributed by atoms with van der Waals surface area (Å²) in [4.78, 5) is 32.9. The summed E-state index contributed by atoms with van der Waals surface area (Å²) >= 11 is 11.9. The highest BCUT2D eigenvalue weighted by Gasteiger charge is 2.19. The molecule has 0 aliphatic carbocycles. The molecule has 0 aliphatic rings. The van der Waals surface area contributed by atoms with Crippen LogP contribution < -0.4 is 5.43 Å². The van der Waals surface area contributed by atoms with Gasteiger partial charge in [-0.3, -0.25) is 25.0 Å². The quantitative estimate of drug-likeness (QED) is 0.304. The maximum atomic E-state index is 12.0. The first-order chi connectivity index (χ1) is 14.8. The Labute approximate surface area is 184 Å². The van der Waals surface area contributed by atoms with Crippen LogP contribution in [-0.4, -0.2) is 22.0 Å². The van der Waals surface area contributed by atoms with Gasteiger partial charge >= 0.3 is 0 Å². The van der Waals surface area contributed by atoms with E-state index >= 15 is 0 Å². The third-order valence-electron chi connectivity index (χ3n) is 4.05. The van der Waals surface area contributed by atoms with Crippen molar-refractivity contribution in [2.45, 2.75) is 6.42 Å². The van der Waals surface area contributed by atoms with Gasteiger partial charge in [0.15, 0.2) is 0 Å². The summed E-state index contributed by atoms with van der Waals surface area (Å²) < 4.78 is 5.54. The summed E-state index contributed by atoms with van der Waals surface area (Å²) in [6.07, 6.45) is 0.973. The molecule has 10 nitrogen and oxygen atoms in total. The zero-order valence-electron chi connectivity index (χ0n) is 15.5. The van der Waals surface area contributed by atoms with Crippen LogP contribution in [0, 0.1) is 20.2 Å². The van der Waals surface area contributed by atoms with Gasteiger partial charge in [-0.15, -0.1) is 0 Å². The minimum absolute atomic E-state index is 0.103. The van der Waals surface area contributed by atoms with Gasteiger partial charge in [0.1, 0.15) is 16.5 Å². The van der Waals surface area contributed by atoms with E-state index < -0.39 is 15.8 Å². The largest absolute Gasteiger partial charge is 0.455 e. The fourth-order valence-electron chi connectivity index (χ4n) is 2.65. The van der Waals surface area contributed by atoms with Crippen molar-refractivity contribution in [1.82, 2.24) is 5.43 Å². The molecule has 158 valence electrons. The van der Waals surface area contributed by atoms with Crippen LogP contribution in [0.3, 0.4) is 0 Å². The highest BCUT2D eigenvalue weighted by molar-refractivity contribution is 6.37. The molecule has 0 saturated heterocycles. The van der Waals surface area contributed by atoms with Crippen LogP contribution in [-0.2, 0) is 11.2 Å². The van der Waals surface area contributed by atoms with Crippen molar-refractivity contribution >= 4 is 46.7 Å². The number of rotatable bonds is 7. The lowest BCUT2D eigenvalue weighted by Gasteiger charge is -2.03. The normalized spacial score (nSPS) is 10.9. The Morgan fingerprint density at radius 3 is 2.45 bits per heavy atom. The predicted octanol–water partition coefficient (Wildman–Crippen LogP) is 4.76. The third kappa shape index (κ3) is 5.24. The fourth-order valence-corrected chi connectivity index (χ4v) is 3.20. The average Bonchev–Trinajstić information content (AvgIpc) is 3.16. The summed E-state index contributed by atoms with van der Waals surface area (Å²) in [5.41, 5.74) is 2.28. The number of para-hydroxylation sites is 1. The van der Waals surface area contributed by atoms with Crippen molar-refractivity contribution in [3.05, 3.63) is 90.1 Å². The summed E-state index contributed by atoms with van der Waals surface area (Å²) in [5.74, 6) is -0.0965. The van der Waals surface area contributed by atoms with E-state index in [9.17, 15) is 25.0 Å². The number of amides is 1. The number of hydrogen-bond acceptors (Lipinski definition) is 7. The van der Waals surface area contributed by atoms with E-state index in [4.69, 9.17) is 27.6 Å². The number of nitrogens with zero attached hydrogens (tertiary/aromatic N) is 3. The summed E-state index contributed by atoms with van der Waals surface area (Å²) in [7, 11) is 0. The number of nitro benzene ring substituents is 2. The molecule has 12 heteroatoms. The maximum absolute atomic E-state index is 12.0. The average molecular weight is 463 g/mol.